The van der Waals surface area contributed by atoms with Crippen molar-refractivity contribution in [2.75, 3.05) is 13.2 Å². The molecule has 1 aliphatic carbocycles. The number of ether oxygens (including phenoxy) is 1. The number of amides is 1. The molecule has 5 heteroatoms. The van der Waals surface area contributed by atoms with Crippen LogP contribution in [0.4, 0.5) is 0 Å². The monoisotopic (exact) mass is 293 g/mol. The van der Waals surface area contributed by atoms with Crippen molar-refractivity contribution in [3.63, 3.8) is 0 Å². The highest BCUT2D eigenvalue weighted by molar-refractivity contribution is 7.12. The standard InChI is InChI=1S/C15H19NO3S/c1-3-19-15(18)10-16(12-5-6-12)14(17)9-8-13-7-4-11(2)20-13/h4,7-9,12H,3,5-6,10H2,1-2H3. The van der Waals surface area contributed by atoms with E-state index < -0.39 is 0 Å². The van der Waals surface area contributed by atoms with Crippen LogP contribution in [0.5, 0.6) is 0 Å². The van der Waals surface area contributed by atoms with Crippen molar-refractivity contribution in [1.82, 2.24) is 4.90 Å². The summed E-state index contributed by atoms with van der Waals surface area (Å²) in [7, 11) is 0. The fourth-order valence-corrected chi connectivity index (χ4v) is 2.69. The molecule has 4 nitrogen and oxygen atoms in total. The molecule has 0 atom stereocenters. The first-order chi connectivity index (χ1) is 9.60. The van der Waals surface area contributed by atoms with E-state index in [0.29, 0.717) is 6.61 Å². The molecule has 0 aliphatic heterocycles. The molecule has 1 saturated carbocycles. The number of thiophene rings is 1. The molecule has 2 rings (SSSR count). The fraction of sp³-hybridized carbons (Fsp3) is 0.467. The molecule has 0 radical (unpaired) electrons. The van der Waals surface area contributed by atoms with Crippen LogP contribution in [0.25, 0.3) is 6.08 Å². The molecular weight excluding hydrogens is 274 g/mol. The first-order valence-corrected chi connectivity index (χ1v) is 7.62. The van der Waals surface area contributed by atoms with Gasteiger partial charge in [0.1, 0.15) is 6.54 Å². The van der Waals surface area contributed by atoms with Crippen LogP contribution < -0.4 is 0 Å². The maximum atomic E-state index is 12.2. The number of hydrogen-bond donors (Lipinski definition) is 0. The number of nitrogens with zero attached hydrogens (tertiary/aromatic N) is 1. The van der Waals surface area contributed by atoms with E-state index in [0.717, 1.165) is 17.7 Å². The summed E-state index contributed by atoms with van der Waals surface area (Å²) in [6.45, 7) is 4.18. The molecule has 1 fully saturated rings. The number of hydrogen-bond acceptors (Lipinski definition) is 4. The number of carbonyl (C=O) groups excluding carboxylic acids is 2. The Bertz CT molecular complexity index is 517. The molecule has 1 heterocycles. The van der Waals surface area contributed by atoms with E-state index in [1.54, 1.807) is 35.3 Å². The van der Waals surface area contributed by atoms with Crippen LogP contribution in [-0.2, 0) is 14.3 Å². The highest BCUT2D eigenvalue weighted by Crippen LogP contribution is 2.27. The van der Waals surface area contributed by atoms with Gasteiger partial charge >= 0.3 is 5.97 Å². The molecule has 0 bridgehead atoms. The Balaban J connectivity index is 1.96. The van der Waals surface area contributed by atoms with Crippen molar-refractivity contribution in [2.24, 2.45) is 0 Å². The largest absolute Gasteiger partial charge is 0.465 e. The van der Waals surface area contributed by atoms with Crippen LogP contribution in [0.3, 0.4) is 0 Å². The van der Waals surface area contributed by atoms with Crippen molar-refractivity contribution in [1.29, 1.82) is 0 Å². The van der Waals surface area contributed by atoms with Crippen molar-refractivity contribution in [2.45, 2.75) is 32.7 Å². The number of esters is 1. The Kier molecular flexibility index (Phi) is 4.95. The van der Waals surface area contributed by atoms with Crippen molar-refractivity contribution < 1.29 is 14.3 Å². The van der Waals surface area contributed by atoms with E-state index in [1.165, 1.54) is 4.88 Å². The molecule has 0 unspecified atom stereocenters. The van der Waals surface area contributed by atoms with Gasteiger partial charge in [-0.15, -0.1) is 11.3 Å². The van der Waals surface area contributed by atoms with E-state index in [2.05, 4.69) is 0 Å². The Morgan fingerprint density at radius 1 is 1.45 bits per heavy atom. The fourth-order valence-electron chi connectivity index (χ4n) is 1.91. The lowest BCUT2D eigenvalue weighted by atomic mass is 10.3. The van der Waals surface area contributed by atoms with Crippen LogP contribution in [0.2, 0.25) is 0 Å². The Morgan fingerprint density at radius 3 is 2.75 bits per heavy atom. The molecule has 0 aromatic carbocycles. The van der Waals surface area contributed by atoms with E-state index in [1.807, 2.05) is 19.1 Å². The molecule has 1 aromatic rings. The second kappa shape index (κ2) is 6.70. The molecule has 1 aromatic heterocycles. The van der Waals surface area contributed by atoms with Gasteiger partial charge in [-0.25, -0.2) is 0 Å². The normalized spacial score (nSPS) is 14.5. The van der Waals surface area contributed by atoms with Gasteiger partial charge in [-0.1, -0.05) is 0 Å². The summed E-state index contributed by atoms with van der Waals surface area (Å²) in [6, 6.07) is 4.20. The topological polar surface area (TPSA) is 46.6 Å². The summed E-state index contributed by atoms with van der Waals surface area (Å²) in [6.07, 6.45) is 5.29. The van der Waals surface area contributed by atoms with Gasteiger partial charge in [-0.2, -0.15) is 0 Å². The summed E-state index contributed by atoms with van der Waals surface area (Å²) in [5.41, 5.74) is 0. The van der Waals surface area contributed by atoms with E-state index in [9.17, 15) is 9.59 Å². The lowest BCUT2D eigenvalue weighted by molar-refractivity contribution is -0.148. The molecule has 108 valence electrons. The Labute approximate surface area is 123 Å². The minimum Gasteiger partial charge on any atom is -0.465 e. The average molecular weight is 293 g/mol. The molecule has 20 heavy (non-hydrogen) atoms. The smallest absolute Gasteiger partial charge is 0.325 e. The highest BCUT2D eigenvalue weighted by atomic mass is 32.1. The lowest BCUT2D eigenvalue weighted by Crippen LogP contribution is -2.37. The maximum Gasteiger partial charge on any atom is 0.325 e. The van der Waals surface area contributed by atoms with Gasteiger partial charge in [0.05, 0.1) is 6.61 Å². The van der Waals surface area contributed by atoms with Crippen LogP contribution in [0.15, 0.2) is 18.2 Å². The summed E-state index contributed by atoms with van der Waals surface area (Å²) >= 11 is 1.64. The highest BCUT2D eigenvalue weighted by Gasteiger charge is 2.33. The minimum absolute atomic E-state index is 0.0468. The van der Waals surface area contributed by atoms with Crippen molar-refractivity contribution in [3.8, 4) is 0 Å². The third-order valence-corrected chi connectivity index (χ3v) is 3.99. The molecule has 0 N–H and O–H groups in total. The predicted molar refractivity (Wildman–Crippen MR) is 79.5 cm³/mol. The quantitative estimate of drug-likeness (QED) is 0.598. The second-order valence-corrected chi connectivity index (χ2v) is 6.10. The van der Waals surface area contributed by atoms with E-state index in [-0.39, 0.29) is 24.5 Å². The zero-order valence-electron chi connectivity index (χ0n) is 11.8. The molecule has 0 spiro atoms. The van der Waals surface area contributed by atoms with Gasteiger partial charge in [0.25, 0.3) is 0 Å². The van der Waals surface area contributed by atoms with Gasteiger partial charge < -0.3 is 9.64 Å². The Morgan fingerprint density at radius 2 is 2.20 bits per heavy atom. The maximum absolute atomic E-state index is 12.2. The average Bonchev–Trinajstić information content (AvgIpc) is 3.16. The lowest BCUT2D eigenvalue weighted by Gasteiger charge is -2.19. The van der Waals surface area contributed by atoms with Crippen LogP contribution in [-0.4, -0.2) is 36.0 Å². The minimum atomic E-state index is -0.340. The molecule has 1 aliphatic rings. The van der Waals surface area contributed by atoms with Gasteiger partial charge in [-0.3, -0.25) is 9.59 Å². The first kappa shape index (κ1) is 14.8. The van der Waals surface area contributed by atoms with Gasteiger partial charge in [-0.05, 0) is 44.9 Å². The SMILES string of the molecule is CCOC(=O)CN(C(=O)C=Cc1ccc(C)s1)C1CC1. The number of carbonyl (C=O) groups is 2. The third-order valence-electron chi connectivity index (χ3n) is 3.03. The second-order valence-electron chi connectivity index (χ2n) is 4.78. The van der Waals surface area contributed by atoms with Crippen LogP contribution in [0.1, 0.15) is 29.5 Å². The first-order valence-electron chi connectivity index (χ1n) is 6.81. The number of rotatable bonds is 6. The summed E-state index contributed by atoms with van der Waals surface area (Å²) in [5, 5.41) is 0. The zero-order valence-corrected chi connectivity index (χ0v) is 12.6. The van der Waals surface area contributed by atoms with E-state index in [4.69, 9.17) is 4.74 Å². The van der Waals surface area contributed by atoms with Gasteiger partial charge in [0.2, 0.25) is 5.91 Å². The van der Waals surface area contributed by atoms with Crippen molar-refractivity contribution in [3.05, 3.63) is 28.0 Å². The summed E-state index contributed by atoms with van der Waals surface area (Å²) in [4.78, 5) is 27.6. The molecule has 0 saturated heterocycles. The van der Waals surface area contributed by atoms with Crippen LogP contribution >= 0.6 is 11.3 Å². The summed E-state index contributed by atoms with van der Waals surface area (Å²) < 4.78 is 4.91. The third kappa shape index (κ3) is 4.20. The van der Waals surface area contributed by atoms with Crippen molar-refractivity contribution >= 4 is 29.3 Å². The predicted octanol–water partition coefficient (Wildman–Crippen LogP) is 2.62. The Hall–Kier alpha value is -1.62. The van der Waals surface area contributed by atoms with Gasteiger partial charge in [0.15, 0.2) is 0 Å². The molecule has 1 amide bonds. The summed E-state index contributed by atoms with van der Waals surface area (Å²) in [5.74, 6) is -0.459. The van der Waals surface area contributed by atoms with Gasteiger partial charge in [0, 0.05) is 21.9 Å². The van der Waals surface area contributed by atoms with E-state index >= 15 is 0 Å². The molecular formula is C15H19NO3S. The zero-order chi connectivity index (χ0) is 14.5. The number of aryl methyl sites for hydroxylation is 1. The van der Waals surface area contributed by atoms with Crippen LogP contribution in [0, 0.1) is 6.92 Å².